The molecule has 1 aromatic carbocycles. The highest BCUT2D eigenvalue weighted by Crippen LogP contribution is 2.23. The van der Waals surface area contributed by atoms with E-state index >= 15 is 0 Å². The minimum Gasteiger partial charge on any atom is -0.326 e. The number of anilines is 1. The molecule has 1 aromatic rings. The molecular formula is C16H20N2O. The Morgan fingerprint density at radius 2 is 2.32 bits per heavy atom. The second kappa shape index (κ2) is 6.96. The Labute approximate surface area is 114 Å². The van der Waals surface area contributed by atoms with Crippen molar-refractivity contribution in [1.29, 1.82) is 0 Å². The fourth-order valence-electron chi connectivity index (χ4n) is 2.36. The second-order valence-electron chi connectivity index (χ2n) is 4.83. The average Bonchev–Trinajstić information content (AvgIpc) is 2.44. The van der Waals surface area contributed by atoms with Crippen molar-refractivity contribution in [3.05, 3.63) is 29.3 Å². The Bertz CT molecular complexity index is 488. The maximum Gasteiger partial charge on any atom is 0.224 e. The van der Waals surface area contributed by atoms with Crippen LogP contribution in [0.25, 0.3) is 0 Å². The molecule has 0 unspecified atom stereocenters. The van der Waals surface area contributed by atoms with Crippen LogP contribution in [0.15, 0.2) is 18.2 Å². The number of fused-ring (bicyclic) bond motifs is 1. The van der Waals surface area contributed by atoms with Gasteiger partial charge in [-0.05, 0) is 43.0 Å². The molecule has 3 heteroatoms. The van der Waals surface area contributed by atoms with Gasteiger partial charge in [-0.15, -0.1) is 12.3 Å². The number of unbranched alkanes of at least 4 members (excludes halogenated alkanes) is 2. The maximum absolute atomic E-state index is 11.9. The van der Waals surface area contributed by atoms with Crippen molar-refractivity contribution in [2.24, 2.45) is 0 Å². The summed E-state index contributed by atoms with van der Waals surface area (Å²) >= 11 is 0. The summed E-state index contributed by atoms with van der Waals surface area (Å²) in [6, 6.07) is 6.13. The Hall–Kier alpha value is -1.79. The van der Waals surface area contributed by atoms with Gasteiger partial charge in [-0.3, -0.25) is 4.79 Å². The molecule has 1 heterocycles. The lowest BCUT2D eigenvalue weighted by molar-refractivity contribution is -0.116. The highest BCUT2D eigenvalue weighted by molar-refractivity contribution is 5.91. The number of rotatable bonds is 5. The number of amides is 1. The van der Waals surface area contributed by atoms with E-state index < -0.39 is 0 Å². The molecule has 1 aliphatic heterocycles. The first kappa shape index (κ1) is 13.6. The molecule has 0 atom stereocenters. The molecule has 0 fully saturated rings. The number of benzene rings is 1. The molecule has 100 valence electrons. The lowest BCUT2D eigenvalue weighted by Gasteiger charge is -2.20. The topological polar surface area (TPSA) is 41.1 Å². The maximum atomic E-state index is 11.9. The number of hydrogen-bond donors (Lipinski definition) is 2. The summed E-state index contributed by atoms with van der Waals surface area (Å²) in [6.07, 6.45) is 9.27. The predicted molar refractivity (Wildman–Crippen MR) is 77.8 cm³/mol. The quantitative estimate of drug-likeness (QED) is 0.627. The van der Waals surface area contributed by atoms with E-state index in [1.807, 2.05) is 12.1 Å². The summed E-state index contributed by atoms with van der Waals surface area (Å²) in [6.45, 7) is 1.85. The highest BCUT2D eigenvalue weighted by atomic mass is 16.1. The molecule has 2 N–H and O–H groups in total. The van der Waals surface area contributed by atoms with Crippen molar-refractivity contribution in [2.45, 2.75) is 38.6 Å². The zero-order chi connectivity index (χ0) is 13.5. The molecule has 0 spiro atoms. The first-order valence-corrected chi connectivity index (χ1v) is 6.86. The smallest absolute Gasteiger partial charge is 0.224 e. The number of hydrogen-bond acceptors (Lipinski definition) is 2. The summed E-state index contributed by atoms with van der Waals surface area (Å²) in [5.74, 6) is 2.67. The normalized spacial score (nSPS) is 13.4. The van der Waals surface area contributed by atoms with Gasteiger partial charge in [0.15, 0.2) is 0 Å². The molecular weight excluding hydrogens is 236 g/mol. The summed E-state index contributed by atoms with van der Waals surface area (Å²) in [4.78, 5) is 11.9. The van der Waals surface area contributed by atoms with E-state index in [0.717, 1.165) is 44.5 Å². The fourth-order valence-corrected chi connectivity index (χ4v) is 2.36. The third kappa shape index (κ3) is 3.84. The van der Waals surface area contributed by atoms with E-state index in [4.69, 9.17) is 6.42 Å². The van der Waals surface area contributed by atoms with E-state index in [9.17, 15) is 4.79 Å². The van der Waals surface area contributed by atoms with Crippen LogP contribution in [0.2, 0.25) is 0 Å². The molecule has 19 heavy (non-hydrogen) atoms. The third-order valence-electron chi connectivity index (χ3n) is 3.39. The van der Waals surface area contributed by atoms with E-state index in [1.54, 1.807) is 0 Å². The average molecular weight is 256 g/mol. The molecule has 3 nitrogen and oxygen atoms in total. The van der Waals surface area contributed by atoms with Crippen molar-refractivity contribution >= 4 is 11.6 Å². The first-order valence-electron chi connectivity index (χ1n) is 6.86. The van der Waals surface area contributed by atoms with Crippen LogP contribution >= 0.6 is 0 Å². The van der Waals surface area contributed by atoms with Crippen LogP contribution < -0.4 is 10.6 Å². The van der Waals surface area contributed by atoms with Gasteiger partial charge >= 0.3 is 0 Å². The minimum absolute atomic E-state index is 0.0796. The van der Waals surface area contributed by atoms with Gasteiger partial charge in [0.2, 0.25) is 5.91 Å². The van der Waals surface area contributed by atoms with E-state index in [-0.39, 0.29) is 5.91 Å². The zero-order valence-electron chi connectivity index (χ0n) is 11.2. The Balaban J connectivity index is 1.92. The number of carbonyl (C=O) groups is 1. The molecule has 0 bridgehead atoms. The van der Waals surface area contributed by atoms with Crippen molar-refractivity contribution in [2.75, 3.05) is 11.9 Å². The van der Waals surface area contributed by atoms with Crippen molar-refractivity contribution in [1.82, 2.24) is 5.32 Å². The highest BCUT2D eigenvalue weighted by Gasteiger charge is 2.13. The molecule has 1 amide bonds. The summed E-state index contributed by atoms with van der Waals surface area (Å²) in [7, 11) is 0. The van der Waals surface area contributed by atoms with Gasteiger partial charge in [0.05, 0.1) is 0 Å². The van der Waals surface area contributed by atoms with Crippen LogP contribution in [-0.2, 0) is 17.8 Å². The summed E-state index contributed by atoms with van der Waals surface area (Å²) in [5, 5.41) is 6.36. The second-order valence-corrected chi connectivity index (χ2v) is 4.83. The summed E-state index contributed by atoms with van der Waals surface area (Å²) < 4.78 is 0. The summed E-state index contributed by atoms with van der Waals surface area (Å²) in [5.41, 5.74) is 3.52. The third-order valence-corrected chi connectivity index (χ3v) is 3.39. The fraction of sp³-hybridized carbons (Fsp3) is 0.438. The Kier molecular flexibility index (Phi) is 5.00. The SMILES string of the molecule is C#CCCCCC(=O)Nc1cccc2c1CNCC2. The lowest BCUT2D eigenvalue weighted by atomic mass is 9.99. The van der Waals surface area contributed by atoms with Crippen LogP contribution in [0.5, 0.6) is 0 Å². The van der Waals surface area contributed by atoms with Gasteiger partial charge in [-0.1, -0.05) is 12.1 Å². The van der Waals surface area contributed by atoms with Crippen molar-refractivity contribution in [3.63, 3.8) is 0 Å². The molecule has 0 saturated carbocycles. The van der Waals surface area contributed by atoms with Crippen molar-refractivity contribution < 1.29 is 4.79 Å². The Morgan fingerprint density at radius 3 is 3.16 bits per heavy atom. The molecule has 0 saturated heterocycles. The number of terminal acetylenes is 1. The van der Waals surface area contributed by atoms with Crippen LogP contribution in [0.3, 0.4) is 0 Å². The minimum atomic E-state index is 0.0796. The number of nitrogens with one attached hydrogen (secondary N) is 2. The van der Waals surface area contributed by atoms with Gasteiger partial charge in [-0.25, -0.2) is 0 Å². The van der Waals surface area contributed by atoms with E-state index in [0.29, 0.717) is 6.42 Å². The van der Waals surface area contributed by atoms with Gasteiger partial charge in [0.25, 0.3) is 0 Å². The predicted octanol–water partition coefficient (Wildman–Crippen LogP) is 2.46. The molecule has 1 aliphatic rings. The Morgan fingerprint density at radius 1 is 1.42 bits per heavy atom. The standard InChI is InChI=1S/C16H20N2O/c1-2-3-4-5-9-16(19)18-15-8-6-7-13-10-11-17-12-14(13)15/h1,6-8,17H,3-5,9-12H2,(H,18,19). The van der Waals surface area contributed by atoms with Crippen LogP contribution in [0.4, 0.5) is 5.69 Å². The largest absolute Gasteiger partial charge is 0.326 e. The van der Waals surface area contributed by atoms with E-state index in [1.165, 1.54) is 11.1 Å². The van der Waals surface area contributed by atoms with Crippen molar-refractivity contribution in [3.8, 4) is 12.3 Å². The molecule has 0 aliphatic carbocycles. The number of carbonyl (C=O) groups excluding carboxylic acids is 1. The zero-order valence-corrected chi connectivity index (χ0v) is 11.2. The van der Waals surface area contributed by atoms with Gasteiger partial charge < -0.3 is 10.6 Å². The monoisotopic (exact) mass is 256 g/mol. The van der Waals surface area contributed by atoms with Gasteiger partial charge in [0.1, 0.15) is 0 Å². The van der Waals surface area contributed by atoms with Gasteiger partial charge in [-0.2, -0.15) is 0 Å². The molecule has 0 radical (unpaired) electrons. The lowest BCUT2D eigenvalue weighted by Crippen LogP contribution is -2.25. The van der Waals surface area contributed by atoms with Crippen LogP contribution in [0.1, 0.15) is 36.8 Å². The van der Waals surface area contributed by atoms with E-state index in [2.05, 4.69) is 22.6 Å². The van der Waals surface area contributed by atoms with Crippen LogP contribution in [-0.4, -0.2) is 12.5 Å². The molecule has 2 rings (SSSR count). The van der Waals surface area contributed by atoms with Gasteiger partial charge in [0, 0.05) is 25.1 Å². The first-order chi connectivity index (χ1) is 9.31. The molecule has 0 aromatic heterocycles. The van der Waals surface area contributed by atoms with Crippen LogP contribution in [0, 0.1) is 12.3 Å².